The maximum atomic E-state index is 11.4. The maximum Gasteiger partial charge on any atom is 0.288 e. The van der Waals surface area contributed by atoms with Crippen molar-refractivity contribution < 1.29 is 4.74 Å². The standard InChI is InChI=1S/C9H12BN3O2/c1-13-9(14)7(11-10)4-8(12-13)15-5-6-2-3-6/h4,6,11H,2-3,5H2,1H3. The second-order valence-corrected chi connectivity index (χ2v) is 3.72. The summed E-state index contributed by atoms with van der Waals surface area (Å²) in [5.74, 6) is 1.08. The number of rotatable bonds is 4. The number of ether oxygens (including phenoxy) is 1. The molecule has 2 rings (SSSR count). The molecule has 6 heteroatoms. The van der Waals surface area contributed by atoms with E-state index in [4.69, 9.17) is 12.7 Å². The van der Waals surface area contributed by atoms with Gasteiger partial charge in [0.1, 0.15) is 0 Å². The second-order valence-electron chi connectivity index (χ2n) is 3.72. The van der Waals surface area contributed by atoms with Crippen LogP contribution in [0.2, 0.25) is 0 Å². The van der Waals surface area contributed by atoms with Crippen LogP contribution in [0.5, 0.6) is 5.88 Å². The third kappa shape index (κ3) is 2.32. The lowest BCUT2D eigenvalue weighted by atomic mass is 10.3. The highest BCUT2D eigenvalue weighted by Crippen LogP contribution is 2.29. The van der Waals surface area contributed by atoms with E-state index in [-0.39, 0.29) is 5.56 Å². The Bertz CT molecular complexity index is 414. The van der Waals surface area contributed by atoms with Gasteiger partial charge in [-0.15, -0.1) is 5.10 Å². The molecule has 1 aliphatic rings. The molecule has 0 bridgehead atoms. The van der Waals surface area contributed by atoms with Gasteiger partial charge in [0.2, 0.25) is 13.9 Å². The lowest BCUT2D eigenvalue weighted by Gasteiger charge is -2.07. The molecular weight excluding hydrogens is 193 g/mol. The van der Waals surface area contributed by atoms with E-state index in [1.54, 1.807) is 7.05 Å². The molecule has 0 saturated heterocycles. The molecule has 0 spiro atoms. The van der Waals surface area contributed by atoms with Gasteiger partial charge in [0.25, 0.3) is 5.56 Å². The fraction of sp³-hybridized carbons (Fsp3) is 0.556. The van der Waals surface area contributed by atoms with E-state index in [0.29, 0.717) is 24.1 Å². The van der Waals surface area contributed by atoms with Crippen molar-refractivity contribution in [3.8, 4) is 5.88 Å². The Balaban J connectivity index is 2.15. The van der Waals surface area contributed by atoms with Gasteiger partial charge in [-0.2, -0.15) is 0 Å². The van der Waals surface area contributed by atoms with Crippen LogP contribution in [0.4, 0.5) is 5.69 Å². The first kappa shape index (κ1) is 10.1. The van der Waals surface area contributed by atoms with Gasteiger partial charge in [0.15, 0.2) is 0 Å². The second kappa shape index (κ2) is 3.96. The highest BCUT2D eigenvalue weighted by atomic mass is 16.5. The number of nitrogens with one attached hydrogen (secondary N) is 1. The van der Waals surface area contributed by atoms with Gasteiger partial charge in [-0.3, -0.25) is 4.79 Å². The van der Waals surface area contributed by atoms with Crippen LogP contribution in [0, 0.1) is 5.92 Å². The smallest absolute Gasteiger partial charge is 0.288 e. The molecular formula is C9H12BN3O2. The lowest BCUT2D eigenvalue weighted by molar-refractivity contribution is 0.281. The van der Waals surface area contributed by atoms with E-state index in [1.165, 1.54) is 23.6 Å². The minimum absolute atomic E-state index is 0.267. The zero-order chi connectivity index (χ0) is 10.8. The first-order valence-corrected chi connectivity index (χ1v) is 4.88. The quantitative estimate of drug-likeness (QED) is 0.706. The van der Waals surface area contributed by atoms with E-state index in [2.05, 4.69) is 10.3 Å². The first-order chi connectivity index (χ1) is 7.20. The van der Waals surface area contributed by atoms with E-state index >= 15 is 0 Å². The van der Waals surface area contributed by atoms with Crippen molar-refractivity contribution in [3.63, 3.8) is 0 Å². The van der Waals surface area contributed by atoms with Gasteiger partial charge >= 0.3 is 0 Å². The Morgan fingerprint density at radius 1 is 1.73 bits per heavy atom. The average molecular weight is 205 g/mol. The van der Waals surface area contributed by atoms with Crippen LogP contribution < -0.4 is 15.5 Å². The predicted octanol–water partition coefficient (Wildman–Crippen LogP) is 0.0645. The summed E-state index contributed by atoms with van der Waals surface area (Å²) in [5, 5.41) is 6.29. The number of aryl methyl sites for hydroxylation is 1. The van der Waals surface area contributed by atoms with Gasteiger partial charge in [-0.05, 0) is 18.8 Å². The molecule has 0 amide bonds. The average Bonchev–Trinajstić information content (AvgIpc) is 3.03. The van der Waals surface area contributed by atoms with Crippen LogP contribution in [0.15, 0.2) is 10.9 Å². The number of anilines is 1. The summed E-state index contributed by atoms with van der Waals surface area (Å²) in [7, 11) is 6.77. The summed E-state index contributed by atoms with van der Waals surface area (Å²) in [4.78, 5) is 11.4. The number of aromatic nitrogens is 2. The largest absolute Gasteiger partial charge is 0.476 e. The molecule has 78 valence electrons. The van der Waals surface area contributed by atoms with Gasteiger partial charge in [-0.25, -0.2) is 4.68 Å². The van der Waals surface area contributed by atoms with Gasteiger partial charge in [0, 0.05) is 13.1 Å². The minimum Gasteiger partial charge on any atom is -0.476 e. The van der Waals surface area contributed by atoms with Gasteiger partial charge in [0.05, 0.1) is 12.3 Å². The molecule has 1 aromatic heterocycles. The predicted molar refractivity (Wildman–Crippen MR) is 57.1 cm³/mol. The topological polar surface area (TPSA) is 56.1 Å². The van der Waals surface area contributed by atoms with Crippen LogP contribution in [-0.4, -0.2) is 24.4 Å². The fourth-order valence-corrected chi connectivity index (χ4v) is 1.24. The van der Waals surface area contributed by atoms with Crippen LogP contribution in [0.1, 0.15) is 12.8 Å². The molecule has 1 aliphatic carbocycles. The zero-order valence-electron chi connectivity index (χ0n) is 8.56. The van der Waals surface area contributed by atoms with E-state index in [9.17, 15) is 4.79 Å². The normalized spacial score (nSPS) is 15.0. The van der Waals surface area contributed by atoms with Crippen molar-refractivity contribution in [2.24, 2.45) is 13.0 Å². The third-order valence-electron chi connectivity index (χ3n) is 2.36. The van der Waals surface area contributed by atoms with Crippen molar-refractivity contribution in [1.82, 2.24) is 9.78 Å². The molecule has 0 aliphatic heterocycles. The Kier molecular flexibility index (Phi) is 2.66. The molecule has 5 nitrogen and oxygen atoms in total. The number of hydrogen-bond donors (Lipinski definition) is 1. The Hall–Kier alpha value is -1.46. The van der Waals surface area contributed by atoms with Crippen LogP contribution in [0.3, 0.4) is 0 Å². The molecule has 1 saturated carbocycles. The van der Waals surface area contributed by atoms with E-state index in [1.807, 2.05) is 0 Å². The van der Waals surface area contributed by atoms with Crippen molar-refractivity contribution in [1.29, 1.82) is 0 Å². The highest BCUT2D eigenvalue weighted by Gasteiger charge is 2.22. The molecule has 1 aromatic rings. The summed E-state index contributed by atoms with van der Waals surface area (Å²) in [6, 6.07) is 1.52. The lowest BCUT2D eigenvalue weighted by Crippen LogP contribution is -2.23. The van der Waals surface area contributed by atoms with Crippen molar-refractivity contribution in [2.45, 2.75) is 12.8 Å². The first-order valence-electron chi connectivity index (χ1n) is 4.88. The van der Waals surface area contributed by atoms with E-state index < -0.39 is 0 Å². The van der Waals surface area contributed by atoms with Crippen molar-refractivity contribution in [3.05, 3.63) is 16.4 Å². The summed E-state index contributed by atoms with van der Waals surface area (Å²) < 4.78 is 6.65. The Morgan fingerprint density at radius 3 is 3.07 bits per heavy atom. The summed E-state index contributed by atoms with van der Waals surface area (Å²) >= 11 is 0. The molecule has 15 heavy (non-hydrogen) atoms. The van der Waals surface area contributed by atoms with Crippen LogP contribution in [0.25, 0.3) is 0 Å². The Labute approximate surface area is 88.9 Å². The SMILES string of the molecule is [B]Nc1cc(OCC2CC2)nn(C)c1=O. The van der Waals surface area contributed by atoms with Gasteiger partial charge in [-0.1, -0.05) is 0 Å². The fourth-order valence-electron chi connectivity index (χ4n) is 1.24. The molecule has 0 aromatic carbocycles. The summed E-state index contributed by atoms with van der Waals surface area (Å²) in [6.07, 6.45) is 2.43. The van der Waals surface area contributed by atoms with E-state index in [0.717, 1.165) is 0 Å². The zero-order valence-corrected chi connectivity index (χ0v) is 8.56. The molecule has 1 heterocycles. The summed E-state index contributed by atoms with van der Waals surface area (Å²) in [5.41, 5.74) is 0.0227. The molecule has 1 fully saturated rings. The number of nitrogens with zero attached hydrogens (tertiary/aromatic N) is 2. The van der Waals surface area contributed by atoms with Crippen LogP contribution >= 0.6 is 0 Å². The Morgan fingerprint density at radius 2 is 2.47 bits per heavy atom. The molecule has 1 N–H and O–H groups in total. The number of hydrogen-bond acceptors (Lipinski definition) is 4. The molecule has 2 radical (unpaired) electrons. The summed E-state index contributed by atoms with van der Waals surface area (Å²) in [6.45, 7) is 0.662. The monoisotopic (exact) mass is 205 g/mol. The third-order valence-corrected chi connectivity index (χ3v) is 2.36. The maximum absolute atomic E-state index is 11.4. The molecule has 0 atom stereocenters. The van der Waals surface area contributed by atoms with Gasteiger partial charge < -0.3 is 9.96 Å². The van der Waals surface area contributed by atoms with Crippen molar-refractivity contribution in [2.75, 3.05) is 11.8 Å². The minimum atomic E-state index is -0.267. The highest BCUT2D eigenvalue weighted by molar-refractivity contribution is 6.15. The molecule has 0 unspecified atom stereocenters. The van der Waals surface area contributed by atoms with Crippen LogP contribution in [-0.2, 0) is 7.05 Å². The van der Waals surface area contributed by atoms with Crippen molar-refractivity contribution >= 4 is 13.7 Å².